The van der Waals surface area contributed by atoms with Crippen LogP contribution in [0.3, 0.4) is 0 Å². The Labute approximate surface area is 222 Å². The van der Waals surface area contributed by atoms with Crippen LogP contribution in [0.25, 0.3) is 0 Å². The maximum Gasteiger partial charge on any atom is 0.262 e. The summed E-state index contributed by atoms with van der Waals surface area (Å²) in [7, 11) is 1.62. The quantitative estimate of drug-likeness (QED) is 0.439. The van der Waals surface area contributed by atoms with E-state index in [2.05, 4.69) is 10.3 Å². The Morgan fingerprint density at radius 2 is 1.92 bits per heavy atom. The van der Waals surface area contributed by atoms with Crippen molar-refractivity contribution in [2.45, 2.75) is 24.1 Å². The zero-order valence-corrected chi connectivity index (χ0v) is 21.3. The molecule has 2 atom stereocenters. The highest BCUT2D eigenvalue weighted by molar-refractivity contribution is 8.15. The minimum atomic E-state index is -0.708. The molecule has 2 aliphatic rings. The number of thioether (sulfide) groups is 1. The molecular weight excluding hydrogens is 515 g/mol. The molecule has 0 radical (unpaired) electrons. The summed E-state index contributed by atoms with van der Waals surface area (Å²) < 4.78 is 19.0. The number of hydrazone groups is 1. The summed E-state index contributed by atoms with van der Waals surface area (Å²) in [6, 6.07) is 21.2. The number of benzene rings is 3. The van der Waals surface area contributed by atoms with E-state index in [0.717, 1.165) is 16.8 Å². The molecule has 3 aromatic carbocycles. The molecular formula is C27H22ClFN4O3S. The molecule has 0 aliphatic carbocycles. The largest absolute Gasteiger partial charge is 0.496 e. The van der Waals surface area contributed by atoms with Crippen molar-refractivity contribution in [3.8, 4) is 5.75 Å². The van der Waals surface area contributed by atoms with Crippen LogP contribution in [0.1, 0.15) is 30.0 Å². The first-order chi connectivity index (χ1) is 17.9. The molecule has 3 aromatic rings. The van der Waals surface area contributed by atoms with Crippen molar-refractivity contribution in [2.75, 3.05) is 12.4 Å². The number of rotatable bonds is 6. The molecule has 2 amide bonds. The van der Waals surface area contributed by atoms with Crippen molar-refractivity contribution in [1.29, 1.82) is 0 Å². The second-order valence-electron chi connectivity index (χ2n) is 8.44. The molecule has 0 saturated heterocycles. The van der Waals surface area contributed by atoms with Gasteiger partial charge in [0.05, 0.1) is 23.9 Å². The van der Waals surface area contributed by atoms with Crippen LogP contribution in [0.5, 0.6) is 5.75 Å². The van der Waals surface area contributed by atoms with Crippen LogP contribution in [-0.2, 0) is 9.59 Å². The molecule has 37 heavy (non-hydrogen) atoms. The van der Waals surface area contributed by atoms with Crippen LogP contribution in [-0.4, -0.2) is 40.1 Å². The van der Waals surface area contributed by atoms with E-state index in [-0.39, 0.29) is 17.5 Å². The number of methoxy groups -OCH3 is 1. The van der Waals surface area contributed by atoms with Crippen molar-refractivity contribution in [3.63, 3.8) is 0 Å². The van der Waals surface area contributed by atoms with Crippen LogP contribution in [0.4, 0.5) is 10.1 Å². The molecule has 0 bridgehead atoms. The summed E-state index contributed by atoms with van der Waals surface area (Å²) in [6.07, 6.45) is 0.489. The Morgan fingerprint density at radius 1 is 1.16 bits per heavy atom. The highest BCUT2D eigenvalue weighted by Gasteiger charge is 2.40. The standard InChI is InChI=1S/C27H22ClFN4O3S/c1-36-23-10-6-5-9-18(23)22-14-21(16-7-3-2-4-8-16)32-33(22)27-31-26(35)24(37-27)15-25(34)30-17-11-12-20(29)19(28)13-17/h2-13,22,24H,14-15H2,1H3,(H,30,34). The van der Waals surface area contributed by atoms with Gasteiger partial charge in [-0.1, -0.05) is 71.9 Å². The van der Waals surface area contributed by atoms with E-state index in [1.54, 1.807) is 12.1 Å². The molecule has 10 heteroatoms. The zero-order valence-electron chi connectivity index (χ0n) is 19.7. The summed E-state index contributed by atoms with van der Waals surface area (Å²) in [4.78, 5) is 29.7. The van der Waals surface area contributed by atoms with Crippen LogP contribution < -0.4 is 10.1 Å². The molecule has 2 unspecified atom stereocenters. The molecule has 1 N–H and O–H groups in total. The van der Waals surface area contributed by atoms with Gasteiger partial charge in [-0.05, 0) is 29.8 Å². The number of aliphatic imine (C=N–C) groups is 1. The third-order valence-electron chi connectivity index (χ3n) is 6.01. The number of halogens is 2. The monoisotopic (exact) mass is 536 g/mol. The van der Waals surface area contributed by atoms with Gasteiger partial charge in [-0.25, -0.2) is 9.40 Å². The summed E-state index contributed by atoms with van der Waals surface area (Å²) in [6.45, 7) is 0. The van der Waals surface area contributed by atoms with E-state index in [0.29, 0.717) is 23.0 Å². The fraction of sp³-hybridized carbons (Fsp3) is 0.185. The molecule has 2 aliphatic heterocycles. The van der Waals surface area contributed by atoms with E-state index in [9.17, 15) is 14.0 Å². The number of para-hydroxylation sites is 1. The average molecular weight is 537 g/mol. The van der Waals surface area contributed by atoms with E-state index >= 15 is 0 Å². The number of nitrogens with one attached hydrogen (secondary N) is 1. The Hall–Kier alpha value is -3.69. The number of anilines is 1. The number of nitrogens with zero attached hydrogens (tertiary/aromatic N) is 3. The highest BCUT2D eigenvalue weighted by Crippen LogP contribution is 2.41. The van der Waals surface area contributed by atoms with Crippen LogP contribution in [0.2, 0.25) is 5.02 Å². The number of carbonyl (C=O) groups excluding carboxylic acids is 2. The zero-order chi connectivity index (χ0) is 25.9. The first-order valence-electron chi connectivity index (χ1n) is 11.5. The molecule has 0 saturated carbocycles. The highest BCUT2D eigenvalue weighted by atomic mass is 35.5. The lowest BCUT2D eigenvalue weighted by Crippen LogP contribution is -2.25. The van der Waals surface area contributed by atoms with Crippen LogP contribution >= 0.6 is 23.4 Å². The third kappa shape index (κ3) is 5.38. The minimum absolute atomic E-state index is 0.0989. The number of carbonyl (C=O) groups is 2. The molecule has 0 aromatic heterocycles. The first-order valence-corrected chi connectivity index (χ1v) is 12.8. The number of ether oxygens (including phenoxy) is 1. The van der Waals surface area contributed by atoms with E-state index in [1.165, 1.54) is 30.0 Å². The van der Waals surface area contributed by atoms with Gasteiger partial charge in [0.15, 0.2) is 5.17 Å². The Kier molecular flexibility index (Phi) is 7.25. The van der Waals surface area contributed by atoms with Gasteiger partial charge in [0.2, 0.25) is 5.91 Å². The molecule has 188 valence electrons. The molecule has 7 nitrogen and oxygen atoms in total. The first kappa shape index (κ1) is 25.0. The lowest BCUT2D eigenvalue weighted by Gasteiger charge is -2.24. The van der Waals surface area contributed by atoms with Crippen LogP contribution in [0.15, 0.2) is 82.9 Å². The molecule has 0 spiro atoms. The predicted molar refractivity (Wildman–Crippen MR) is 144 cm³/mol. The maximum absolute atomic E-state index is 13.4. The van der Waals surface area contributed by atoms with Crippen LogP contribution in [0, 0.1) is 5.82 Å². The summed E-state index contributed by atoms with van der Waals surface area (Å²) >= 11 is 7.00. The maximum atomic E-state index is 13.4. The Bertz CT molecular complexity index is 1420. The summed E-state index contributed by atoms with van der Waals surface area (Å²) in [5.74, 6) is -0.675. The topological polar surface area (TPSA) is 83.4 Å². The van der Waals surface area contributed by atoms with Crippen molar-refractivity contribution >= 4 is 51.7 Å². The van der Waals surface area contributed by atoms with Gasteiger partial charge in [0.25, 0.3) is 5.91 Å². The second-order valence-corrected chi connectivity index (χ2v) is 10.0. The normalized spacial score (nSPS) is 19.0. The van der Waals surface area contributed by atoms with E-state index in [1.807, 2.05) is 54.6 Å². The lowest BCUT2D eigenvalue weighted by atomic mass is 9.98. The number of amidine groups is 1. The molecule has 0 fully saturated rings. The Morgan fingerprint density at radius 3 is 2.68 bits per heavy atom. The summed E-state index contributed by atoms with van der Waals surface area (Å²) in [5.41, 5.74) is 3.11. The van der Waals surface area contributed by atoms with Gasteiger partial charge in [-0.3, -0.25) is 9.59 Å². The van der Waals surface area contributed by atoms with Crippen molar-refractivity contribution < 1.29 is 18.7 Å². The van der Waals surface area contributed by atoms with Crippen molar-refractivity contribution in [1.82, 2.24) is 5.01 Å². The fourth-order valence-electron chi connectivity index (χ4n) is 4.23. The number of amides is 2. The Balaban J connectivity index is 1.36. The average Bonchev–Trinajstić information content (AvgIpc) is 3.50. The summed E-state index contributed by atoms with van der Waals surface area (Å²) in [5, 5.41) is 8.87. The van der Waals surface area contributed by atoms with Gasteiger partial charge in [-0.2, -0.15) is 10.1 Å². The lowest BCUT2D eigenvalue weighted by molar-refractivity contribution is -0.121. The second kappa shape index (κ2) is 10.7. The third-order valence-corrected chi connectivity index (χ3v) is 7.45. The number of hydrogen-bond acceptors (Lipinski definition) is 6. The van der Waals surface area contributed by atoms with Gasteiger partial charge < -0.3 is 10.1 Å². The van der Waals surface area contributed by atoms with Gasteiger partial charge in [0.1, 0.15) is 16.8 Å². The fourth-order valence-corrected chi connectivity index (χ4v) is 5.48. The van der Waals surface area contributed by atoms with Gasteiger partial charge in [-0.15, -0.1) is 0 Å². The number of hydrogen-bond donors (Lipinski definition) is 1. The van der Waals surface area contributed by atoms with Crippen molar-refractivity contribution in [3.05, 3.63) is 94.8 Å². The SMILES string of the molecule is COc1ccccc1C1CC(c2ccccc2)=NN1C1=NC(=O)C(CC(=O)Nc2ccc(F)c(Cl)c2)S1. The van der Waals surface area contributed by atoms with Gasteiger partial charge >= 0.3 is 0 Å². The molecule has 2 heterocycles. The molecule has 5 rings (SSSR count). The van der Waals surface area contributed by atoms with E-state index < -0.39 is 22.9 Å². The smallest absolute Gasteiger partial charge is 0.262 e. The van der Waals surface area contributed by atoms with E-state index in [4.69, 9.17) is 21.4 Å². The van der Waals surface area contributed by atoms with Crippen molar-refractivity contribution in [2.24, 2.45) is 10.1 Å². The minimum Gasteiger partial charge on any atom is -0.496 e. The van der Waals surface area contributed by atoms with Gasteiger partial charge in [0, 0.05) is 24.1 Å². The predicted octanol–water partition coefficient (Wildman–Crippen LogP) is 5.67.